The summed E-state index contributed by atoms with van der Waals surface area (Å²) in [5.74, 6) is 0.439. The van der Waals surface area contributed by atoms with Crippen LogP contribution in [0.3, 0.4) is 0 Å². The molecule has 1 aliphatic rings. The lowest BCUT2D eigenvalue weighted by Crippen LogP contribution is -2.46. The fourth-order valence-corrected chi connectivity index (χ4v) is 1.56. The minimum absolute atomic E-state index is 0.0953. The predicted octanol–water partition coefficient (Wildman–Crippen LogP) is 0.901. The summed E-state index contributed by atoms with van der Waals surface area (Å²) in [4.78, 5) is 11.7. The largest absolute Gasteiger partial charge is 0.351 e. The molecule has 0 aliphatic carbocycles. The molecule has 13 heavy (non-hydrogen) atoms. The highest BCUT2D eigenvalue weighted by Crippen LogP contribution is 2.13. The Morgan fingerprint density at radius 3 is 2.31 bits per heavy atom. The molecule has 0 aromatic carbocycles. The number of carbonyl (C=O) groups excluding carboxylic acids is 1. The molecule has 3 nitrogen and oxygen atoms in total. The molecule has 76 valence electrons. The van der Waals surface area contributed by atoms with Crippen LogP contribution in [0.4, 0.5) is 0 Å². The summed E-state index contributed by atoms with van der Waals surface area (Å²) >= 11 is 0. The van der Waals surface area contributed by atoms with Gasteiger partial charge in [-0.3, -0.25) is 4.79 Å². The van der Waals surface area contributed by atoms with E-state index in [1.807, 2.05) is 20.8 Å². The van der Waals surface area contributed by atoms with Gasteiger partial charge >= 0.3 is 0 Å². The second-order valence-electron chi connectivity index (χ2n) is 4.76. The molecule has 1 rings (SSSR count). The summed E-state index contributed by atoms with van der Waals surface area (Å²) in [6.45, 7) is 8.01. The summed E-state index contributed by atoms with van der Waals surface area (Å²) in [5.41, 5.74) is -0.0953. The molecule has 0 atom stereocenters. The van der Waals surface area contributed by atoms with Crippen LogP contribution < -0.4 is 10.6 Å². The SMILES string of the molecule is CC(C)(C)NC(=O)C1CCNCC1. The van der Waals surface area contributed by atoms with Crippen LogP contribution in [0.15, 0.2) is 0 Å². The monoisotopic (exact) mass is 184 g/mol. The Kier molecular flexibility index (Phi) is 3.31. The summed E-state index contributed by atoms with van der Waals surface area (Å²) in [6.07, 6.45) is 1.95. The molecule has 3 heteroatoms. The molecule has 2 N–H and O–H groups in total. The van der Waals surface area contributed by atoms with Crippen LogP contribution in [-0.4, -0.2) is 24.5 Å². The lowest BCUT2D eigenvalue weighted by atomic mass is 9.96. The smallest absolute Gasteiger partial charge is 0.223 e. The predicted molar refractivity (Wildman–Crippen MR) is 53.5 cm³/mol. The maximum atomic E-state index is 11.7. The quantitative estimate of drug-likeness (QED) is 0.635. The van der Waals surface area contributed by atoms with E-state index in [4.69, 9.17) is 0 Å². The Morgan fingerprint density at radius 2 is 1.85 bits per heavy atom. The first kappa shape index (κ1) is 10.5. The number of amides is 1. The van der Waals surface area contributed by atoms with E-state index < -0.39 is 0 Å². The second kappa shape index (κ2) is 4.09. The number of carbonyl (C=O) groups is 1. The third-order valence-electron chi connectivity index (χ3n) is 2.21. The van der Waals surface area contributed by atoms with Gasteiger partial charge in [0.15, 0.2) is 0 Å². The van der Waals surface area contributed by atoms with E-state index in [9.17, 15) is 4.79 Å². The summed E-state index contributed by atoms with van der Waals surface area (Å²) in [5, 5.41) is 6.27. The van der Waals surface area contributed by atoms with E-state index in [-0.39, 0.29) is 17.4 Å². The zero-order valence-electron chi connectivity index (χ0n) is 8.81. The third kappa shape index (κ3) is 3.77. The molecule has 0 aromatic heterocycles. The van der Waals surface area contributed by atoms with Crippen molar-refractivity contribution in [2.24, 2.45) is 5.92 Å². The zero-order valence-corrected chi connectivity index (χ0v) is 8.81. The Hall–Kier alpha value is -0.570. The Bertz CT molecular complexity index is 178. The average Bonchev–Trinajstić information content (AvgIpc) is 2.03. The number of hydrogen-bond donors (Lipinski definition) is 2. The van der Waals surface area contributed by atoms with Crippen molar-refractivity contribution in [3.8, 4) is 0 Å². The highest BCUT2D eigenvalue weighted by molar-refractivity contribution is 5.79. The second-order valence-corrected chi connectivity index (χ2v) is 4.76. The van der Waals surface area contributed by atoms with Crippen LogP contribution in [-0.2, 0) is 4.79 Å². The lowest BCUT2D eigenvalue weighted by Gasteiger charge is -2.27. The summed E-state index contributed by atoms with van der Waals surface area (Å²) in [7, 11) is 0. The summed E-state index contributed by atoms with van der Waals surface area (Å²) < 4.78 is 0. The molecular weight excluding hydrogens is 164 g/mol. The Labute approximate surface area is 80.3 Å². The fraction of sp³-hybridized carbons (Fsp3) is 0.900. The van der Waals surface area contributed by atoms with Gasteiger partial charge in [0, 0.05) is 11.5 Å². The van der Waals surface area contributed by atoms with E-state index >= 15 is 0 Å². The molecular formula is C10H20N2O. The van der Waals surface area contributed by atoms with Gasteiger partial charge in [-0.05, 0) is 46.7 Å². The van der Waals surface area contributed by atoms with Crippen molar-refractivity contribution in [1.82, 2.24) is 10.6 Å². The maximum absolute atomic E-state index is 11.7. The number of nitrogens with one attached hydrogen (secondary N) is 2. The number of rotatable bonds is 1. The molecule has 0 spiro atoms. The maximum Gasteiger partial charge on any atom is 0.223 e. The van der Waals surface area contributed by atoms with Gasteiger partial charge in [0.2, 0.25) is 5.91 Å². The van der Waals surface area contributed by atoms with E-state index in [0.29, 0.717) is 0 Å². The minimum atomic E-state index is -0.0953. The number of hydrogen-bond acceptors (Lipinski definition) is 2. The van der Waals surface area contributed by atoms with Crippen molar-refractivity contribution in [1.29, 1.82) is 0 Å². The van der Waals surface area contributed by atoms with Crippen LogP contribution in [0.5, 0.6) is 0 Å². The lowest BCUT2D eigenvalue weighted by molar-refractivity contribution is -0.127. The first-order valence-corrected chi connectivity index (χ1v) is 5.02. The van der Waals surface area contributed by atoms with E-state index in [1.54, 1.807) is 0 Å². The molecule has 0 saturated carbocycles. The molecule has 0 aromatic rings. The molecule has 0 unspecified atom stereocenters. The van der Waals surface area contributed by atoms with Crippen molar-refractivity contribution >= 4 is 5.91 Å². The van der Waals surface area contributed by atoms with Crippen molar-refractivity contribution in [3.63, 3.8) is 0 Å². The van der Waals surface area contributed by atoms with Gasteiger partial charge in [0.05, 0.1) is 0 Å². The fourth-order valence-electron chi connectivity index (χ4n) is 1.56. The van der Waals surface area contributed by atoms with E-state index in [2.05, 4.69) is 10.6 Å². The first-order chi connectivity index (χ1) is 5.99. The van der Waals surface area contributed by atoms with Gasteiger partial charge in [-0.25, -0.2) is 0 Å². The van der Waals surface area contributed by atoms with Crippen LogP contribution in [0.2, 0.25) is 0 Å². The first-order valence-electron chi connectivity index (χ1n) is 5.02. The van der Waals surface area contributed by atoms with Gasteiger partial charge < -0.3 is 10.6 Å². The molecule has 1 heterocycles. The van der Waals surface area contributed by atoms with E-state index in [0.717, 1.165) is 25.9 Å². The third-order valence-corrected chi connectivity index (χ3v) is 2.21. The Morgan fingerprint density at radius 1 is 1.31 bits per heavy atom. The molecule has 1 aliphatic heterocycles. The van der Waals surface area contributed by atoms with Gasteiger partial charge in [-0.2, -0.15) is 0 Å². The van der Waals surface area contributed by atoms with Crippen molar-refractivity contribution < 1.29 is 4.79 Å². The van der Waals surface area contributed by atoms with Crippen molar-refractivity contribution in [2.45, 2.75) is 39.2 Å². The van der Waals surface area contributed by atoms with Gasteiger partial charge in [0.1, 0.15) is 0 Å². The molecule has 0 bridgehead atoms. The van der Waals surface area contributed by atoms with Crippen LogP contribution in [0.1, 0.15) is 33.6 Å². The summed E-state index contributed by atoms with van der Waals surface area (Å²) in [6, 6.07) is 0. The minimum Gasteiger partial charge on any atom is -0.351 e. The highest BCUT2D eigenvalue weighted by atomic mass is 16.2. The van der Waals surface area contributed by atoms with Gasteiger partial charge in [0.25, 0.3) is 0 Å². The topological polar surface area (TPSA) is 41.1 Å². The van der Waals surface area contributed by atoms with Gasteiger partial charge in [-0.15, -0.1) is 0 Å². The molecule has 1 amide bonds. The standard InChI is InChI=1S/C10H20N2O/c1-10(2,3)12-9(13)8-4-6-11-7-5-8/h8,11H,4-7H2,1-3H3,(H,12,13). The zero-order chi connectivity index (χ0) is 9.90. The van der Waals surface area contributed by atoms with Crippen molar-refractivity contribution in [2.75, 3.05) is 13.1 Å². The van der Waals surface area contributed by atoms with E-state index in [1.165, 1.54) is 0 Å². The molecule has 1 saturated heterocycles. The highest BCUT2D eigenvalue weighted by Gasteiger charge is 2.23. The average molecular weight is 184 g/mol. The van der Waals surface area contributed by atoms with Crippen molar-refractivity contribution in [3.05, 3.63) is 0 Å². The Balaban J connectivity index is 2.38. The molecule has 0 radical (unpaired) electrons. The normalized spacial score (nSPS) is 19.9. The van der Waals surface area contributed by atoms with Crippen LogP contribution in [0, 0.1) is 5.92 Å². The molecule has 1 fully saturated rings. The number of piperidine rings is 1. The van der Waals surface area contributed by atoms with Crippen LogP contribution >= 0.6 is 0 Å². The van der Waals surface area contributed by atoms with Crippen LogP contribution in [0.25, 0.3) is 0 Å². The van der Waals surface area contributed by atoms with Gasteiger partial charge in [-0.1, -0.05) is 0 Å².